The van der Waals surface area contributed by atoms with Gasteiger partial charge in [0.15, 0.2) is 0 Å². The van der Waals surface area contributed by atoms with Gasteiger partial charge in [0, 0.05) is 12.3 Å². The fourth-order valence-corrected chi connectivity index (χ4v) is 8.58. The van der Waals surface area contributed by atoms with E-state index in [2.05, 4.69) is 13.8 Å². The second-order valence-corrected chi connectivity index (χ2v) is 11.6. The molecule has 174 valence electrons. The summed E-state index contributed by atoms with van der Waals surface area (Å²) in [6.45, 7) is 6.71. The molecule has 5 heteroatoms. The van der Waals surface area contributed by atoms with Gasteiger partial charge in [0.1, 0.15) is 17.7 Å². The highest BCUT2D eigenvalue weighted by atomic mass is 16.5. The Morgan fingerprint density at radius 3 is 2.32 bits per heavy atom. The summed E-state index contributed by atoms with van der Waals surface area (Å²) in [5.74, 6) is 3.14. The van der Waals surface area contributed by atoms with Crippen LogP contribution in [0, 0.1) is 40.4 Å². The summed E-state index contributed by atoms with van der Waals surface area (Å²) in [4.78, 5) is 35.9. The lowest BCUT2D eigenvalue weighted by molar-refractivity contribution is -0.163. The molecule has 2 N–H and O–H groups in total. The average molecular weight is 432 g/mol. The van der Waals surface area contributed by atoms with E-state index in [4.69, 9.17) is 10.5 Å². The first-order chi connectivity index (χ1) is 14.7. The molecule has 0 heterocycles. The van der Waals surface area contributed by atoms with Gasteiger partial charge < -0.3 is 10.5 Å². The molecule has 0 aliphatic heterocycles. The Labute approximate surface area is 187 Å². The van der Waals surface area contributed by atoms with Crippen LogP contribution in [0.3, 0.4) is 0 Å². The zero-order valence-electron chi connectivity index (χ0n) is 19.7. The number of ketones is 2. The van der Waals surface area contributed by atoms with E-state index >= 15 is 0 Å². The highest BCUT2D eigenvalue weighted by Gasteiger charge is 2.60. The average Bonchev–Trinajstić information content (AvgIpc) is 3.09. The zero-order valence-corrected chi connectivity index (χ0v) is 19.7. The molecule has 0 aromatic heterocycles. The SMILES string of the molecule is CC(=O)[C@H]1CC[C@H]2[C@@H]3CC[C@H]4C[C@H](OC(=O)CCC(=O)CN)CC[C@]4(C)[C@H]3CC[C@]12C. The molecule has 4 aliphatic rings. The maximum Gasteiger partial charge on any atom is 0.306 e. The monoisotopic (exact) mass is 431 g/mol. The molecule has 0 saturated heterocycles. The van der Waals surface area contributed by atoms with Gasteiger partial charge in [0.2, 0.25) is 0 Å². The lowest BCUT2D eigenvalue weighted by atomic mass is 9.44. The van der Waals surface area contributed by atoms with Crippen LogP contribution in [0.5, 0.6) is 0 Å². The maximum atomic E-state index is 12.3. The lowest BCUT2D eigenvalue weighted by Gasteiger charge is -2.61. The first-order valence-electron chi connectivity index (χ1n) is 12.6. The first-order valence-corrected chi connectivity index (χ1v) is 12.6. The minimum absolute atomic E-state index is 0.00228. The second kappa shape index (κ2) is 8.61. The number of fused-ring (bicyclic) bond motifs is 5. The van der Waals surface area contributed by atoms with Crippen LogP contribution in [0.15, 0.2) is 0 Å². The number of hydrogen-bond acceptors (Lipinski definition) is 5. The van der Waals surface area contributed by atoms with Crippen molar-refractivity contribution in [1.29, 1.82) is 0 Å². The Kier molecular flexibility index (Phi) is 6.37. The summed E-state index contributed by atoms with van der Waals surface area (Å²) in [5, 5.41) is 0. The fraction of sp³-hybridized carbons (Fsp3) is 0.885. The van der Waals surface area contributed by atoms with E-state index in [1.165, 1.54) is 32.1 Å². The highest BCUT2D eigenvalue weighted by molar-refractivity contribution is 5.84. The van der Waals surface area contributed by atoms with Gasteiger partial charge in [-0.25, -0.2) is 0 Å². The van der Waals surface area contributed by atoms with Crippen molar-refractivity contribution in [3.8, 4) is 0 Å². The summed E-state index contributed by atoms with van der Waals surface area (Å²) >= 11 is 0. The number of hydrogen-bond donors (Lipinski definition) is 1. The van der Waals surface area contributed by atoms with Crippen LogP contribution in [-0.2, 0) is 19.1 Å². The number of nitrogens with two attached hydrogens (primary N) is 1. The van der Waals surface area contributed by atoms with E-state index in [1.807, 2.05) is 0 Å². The highest BCUT2D eigenvalue weighted by Crippen LogP contribution is 2.67. The molecule has 0 radical (unpaired) electrons. The molecule has 0 aromatic rings. The van der Waals surface area contributed by atoms with Crippen LogP contribution >= 0.6 is 0 Å². The number of carbonyl (C=O) groups is 3. The quantitative estimate of drug-likeness (QED) is 0.628. The second-order valence-electron chi connectivity index (χ2n) is 11.6. The summed E-state index contributed by atoms with van der Waals surface area (Å²) in [6, 6.07) is 0. The van der Waals surface area contributed by atoms with Crippen LogP contribution in [0.2, 0.25) is 0 Å². The Morgan fingerprint density at radius 1 is 0.903 bits per heavy atom. The van der Waals surface area contributed by atoms with Gasteiger partial charge in [0.05, 0.1) is 13.0 Å². The number of esters is 1. The van der Waals surface area contributed by atoms with Crippen LogP contribution < -0.4 is 5.73 Å². The van der Waals surface area contributed by atoms with Crippen molar-refractivity contribution in [2.45, 2.75) is 97.5 Å². The fourth-order valence-electron chi connectivity index (χ4n) is 8.58. The van der Waals surface area contributed by atoms with E-state index in [-0.39, 0.29) is 48.6 Å². The van der Waals surface area contributed by atoms with E-state index in [0.717, 1.165) is 37.5 Å². The van der Waals surface area contributed by atoms with E-state index in [1.54, 1.807) is 6.92 Å². The van der Waals surface area contributed by atoms with Gasteiger partial charge in [0.25, 0.3) is 0 Å². The van der Waals surface area contributed by atoms with Crippen LogP contribution in [0.1, 0.15) is 91.4 Å². The molecule has 4 aliphatic carbocycles. The van der Waals surface area contributed by atoms with Gasteiger partial charge >= 0.3 is 5.97 Å². The van der Waals surface area contributed by atoms with Crippen molar-refractivity contribution in [1.82, 2.24) is 0 Å². The smallest absolute Gasteiger partial charge is 0.306 e. The molecule has 5 nitrogen and oxygen atoms in total. The number of Topliss-reactive ketones (excluding diaryl/α,β-unsaturated/α-hetero) is 2. The van der Waals surface area contributed by atoms with Gasteiger partial charge in [-0.15, -0.1) is 0 Å². The Balaban J connectivity index is 1.39. The van der Waals surface area contributed by atoms with E-state index < -0.39 is 0 Å². The van der Waals surface area contributed by atoms with Gasteiger partial charge in [-0.2, -0.15) is 0 Å². The minimum Gasteiger partial charge on any atom is -0.462 e. The summed E-state index contributed by atoms with van der Waals surface area (Å²) < 4.78 is 5.77. The van der Waals surface area contributed by atoms with E-state index in [9.17, 15) is 14.4 Å². The summed E-state index contributed by atoms with van der Waals surface area (Å²) in [7, 11) is 0. The standard InChI is InChI=1S/C26H41NO4/c1-16(28)21-7-8-22-20-6-4-17-14-19(31-24(30)9-5-18(29)15-27)10-12-25(17,2)23(20)11-13-26(21,22)3/h17,19-23H,4-15,27H2,1-3H3/t17-,19+,20-,21+,22-,23-,25-,26+/m0/s1. The molecule has 8 atom stereocenters. The van der Waals surface area contributed by atoms with Crippen LogP contribution in [-0.4, -0.2) is 30.2 Å². The van der Waals surface area contributed by atoms with Crippen LogP contribution in [0.4, 0.5) is 0 Å². The lowest BCUT2D eigenvalue weighted by Crippen LogP contribution is -2.54. The Morgan fingerprint density at radius 2 is 1.61 bits per heavy atom. The molecule has 4 rings (SSSR count). The normalized spacial score (nSPS) is 44.0. The van der Waals surface area contributed by atoms with Crippen molar-refractivity contribution in [2.75, 3.05) is 6.54 Å². The largest absolute Gasteiger partial charge is 0.462 e. The molecule has 4 saturated carbocycles. The third-order valence-electron chi connectivity index (χ3n) is 10.2. The third kappa shape index (κ3) is 4.00. The molecule has 0 spiro atoms. The minimum atomic E-state index is -0.251. The topological polar surface area (TPSA) is 86.5 Å². The van der Waals surface area contributed by atoms with Crippen molar-refractivity contribution >= 4 is 17.5 Å². The van der Waals surface area contributed by atoms with Gasteiger partial charge in [-0.1, -0.05) is 13.8 Å². The summed E-state index contributed by atoms with van der Waals surface area (Å²) in [6.07, 6.45) is 10.6. The van der Waals surface area contributed by atoms with Crippen molar-refractivity contribution in [3.63, 3.8) is 0 Å². The maximum absolute atomic E-state index is 12.3. The molecular formula is C26H41NO4. The number of carbonyl (C=O) groups excluding carboxylic acids is 3. The van der Waals surface area contributed by atoms with Gasteiger partial charge in [-0.05, 0) is 99.2 Å². The third-order valence-corrected chi connectivity index (χ3v) is 10.2. The van der Waals surface area contributed by atoms with Crippen molar-refractivity contribution < 1.29 is 19.1 Å². The first kappa shape index (κ1) is 22.9. The predicted octanol–water partition coefficient (Wildman–Crippen LogP) is 4.45. The number of rotatable bonds is 6. The molecule has 0 bridgehead atoms. The molecular weight excluding hydrogens is 390 g/mol. The van der Waals surface area contributed by atoms with Crippen LogP contribution in [0.25, 0.3) is 0 Å². The molecule has 0 aromatic carbocycles. The van der Waals surface area contributed by atoms with E-state index in [0.29, 0.717) is 23.0 Å². The molecule has 4 fully saturated rings. The molecule has 0 unspecified atom stereocenters. The summed E-state index contributed by atoms with van der Waals surface area (Å²) in [5.41, 5.74) is 5.87. The molecule has 31 heavy (non-hydrogen) atoms. The predicted molar refractivity (Wildman–Crippen MR) is 119 cm³/mol. The van der Waals surface area contributed by atoms with Gasteiger partial charge in [-0.3, -0.25) is 14.4 Å². The zero-order chi connectivity index (χ0) is 22.4. The van der Waals surface area contributed by atoms with Crippen molar-refractivity contribution in [2.24, 2.45) is 46.2 Å². The number of ether oxygens (including phenoxy) is 1. The Hall–Kier alpha value is -1.23. The molecule has 0 amide bonds. The Bertz CT molecular complexity index is 735. The van der Waals surface area contributed by atoms with Crippen molar-refractivity contribution in [3.05, 3.63) is 0 Å².